The summed E-state index contributed by atoms with van der Waals surface area (Å²) in [4.78, 5) is 0. The van der Waals surface area contributed by atoms with E-state index in [0.29, 0.717) is 6.10 Å². The fraction of sp³-hybridized carbons (Fsp3) is 1.00. The summed E-state index contributed by atoms with van der Waals surface area (Å²) in [5.74, 6) is 0. The third-order valence-electron chi connectivity index (χ3n) is 5.04. The summed E-state index contributed by atoms with van der Waals surface area (Å²) in [7, 11) is 0.312. The zero-order valence-corrected chi connectivity index (χ0v) is 25.6. The van der Waals surface area contributed by atoms with Gasteiger partial charge < -0.3 is 37.3 Å². The van der Waals surface area contributed by atoms with Crippen LogP contribution in [0.25, 0.3) is 0 Å². The fourth-order valence-corrected chi connectivity index (χ4v) is 6.19. The molecule has 1 saturated heterocycles. The van der Waals surface area contributed by atoms with Crippen molar-refractivity contribution in [1.29, 1.82) is 0 Å². The van der Waals surface area contributed by atoms with E-state index in [1.807, 2.05) is 34.1 Å². The lowest BCUT2D eigenvalue weighted by atomic mass is 10.5. The van der Waals surface area contributed by atoms with Crippen molar-refractivity contribution in [3.63, 3.8) is 0 Å². The second kappa shape index (κ2) is 19.6. The first kappa shape index (κ1) is 34.5. The summed E-state index contributed by atoms with van der Waals surface area (Å²) in [5, 5.41) is 0. The Kier molecular flexibility index (Phi) is 21.1. The van der Waals surface area contributed by atoms with Gasteiger partial charge in [-0.1, -0.05) is 0 Å². The Balaban J connectivity index is 0. The molecule has 0 amide bonds. The minimum atomic E-state index is -1.85. The van der Waals surface area contributed by atoms with Gasteiger partial charge in [-0.3, -0.25) is 0 Å². The van der Waals surface area contributed by atoms with Crippen molar-refractivity contribution in [3.8, 4) is 0 Å². The standard InChI is InChI=1S/C9H20O3Si.C8H21NO2Si.C4H12O2Si/c1-10-13(2,3)6-4-5-11-7-9-8-12-9;1-4-10-12(3,11-5-2)8-6-7-9;1-5-7(3,4)6-2/h9H,4-8H2,1-3H3;4-9H2,1-3H3;1-4H3. The molecule has 2 N–H and O–H groups in total. The third kappa shape index (κ3) is 22.1. The average Bonchev–Trinajstić information content (AvgIpc) is 3.58. The molecule has 1 aliphatic rings. The molecule has 32 heavy (non-hydrogen) atoms. The maximum Gasteiger partial charge on any atom is 0.334 e. The van der Waals surface area contributed by atoms with E-state index in [9.17, 15) is 0 Å². The maximum absolute atomic E-state index is 5.63. The van der Waals surface area contributed by atoms with E-state index in [-0.39, 0.29) is 0 Å². The van der Waals surface area contributed by atoms with Crippen LogP contribution in [0.15, 0.2) is 0 Å². The van der Waals surface area contributed by atoms with Crippen molar-refractivity contribution < 1.29 is 31.6 Å². The second-order valence-corrected chi connectivity index (χ2v) is 20.2. The molecule has 0 bridgehead atoms. The summed E-state index contributed by atoms with van der Waals surface area (Å²) >= 11 is 0. The molecule has 1 aliphatic heterocycles. The number of hydrogen-bond acceptors (Lipinski definition) is 8. The van der Waals surface area contributed by atoms with E-state index in [0.717, 1.165) is 58.5 Å². The fourth-order valence-electron chi connectivity index (χ4n) is 2.38. The highest BCUT2D eigenvalue weighted by molar-refractivity contribution is 6.71. The second-order valence-electron chi connectivity index (χ2n) is 8.80. The van der Waals surface area contributed by atoms with Crippen LogP contribution in [0.2, 0.25) is 44.8 Å². The molecule has 1 fully saturated rings. The van der Waals surface area contributed by atoms with Crippen LogP contribution in [0.3, 0.4) is 0 Å². The lowest BCUT2D eigenvalue weighted by Gasteiger charge is -2.25. The maximum atomic E-state index is 5.63. The Morgan fingerprint density at radius 3 is 1.72 bits per heavy atom. The molecule has 0 aromatic heterocycles. The number of nitrogens with two attached hydrogens (primary N) is 1. The van der Waals surface area contributed by atoms with E-state index in [1.54, 1.807) is 14.2 Å². The van der Waals surface area contributed by atoms with Gasteiger partial charge >= 0.3 is 17.1 Å². The molecule has 0 saturated carbocycles. The highest BCUT2D eigenvalue weighted by Gasteiger charge is 2.29. The summed E-state index contributed by atoms with van der Waals surface area (Å²) in [5.41, 5.74) is 5.44. The van der Waals surface area contributed by atoms with Gasteiger partial charge in [-0.2, -0.15) is 0 Å². The van der Waals surface area contributed by atoms with Gasteiger partial charge in [0.1, 0.15) is 6.10 Å². The van der Waals surface area contributed by atoms with E-state index < -0.39 is 25.4 Å². The minimum Gasteiger partial charge on any atom is -0.420 e. The van der Waals surface area contributed by atoms with Gasteiger partial charge in [-0.15, -0.1) is 0 Å². The predicted molar refractivity (Wildman–Crippen MR) is 139 cm³/mol. The van der Waals surface area contributed by atoms with E-state index in [1.165, 1.54) is 6.04 Å². The van der Waals surface area contributed by atoms with Crippen molar-refractivity contribution in [1.82, 2.24) is 0 Å². The van der Waals surface area contributed by atoms with Crippen LogP contribution in [0.1, 0.15) is 26.7 Å². The predicted octanol–water partition coefficient (Wildman–Crippen LogP) is 4.10. The van der Waals surface area contributed by atoms with Crippen molar-refractivity contribution >= 4 is 25.4 Å². The number of ether oxygens (including phenoxy) is 2. The number of hydrogen-bond donors (Lipinski definition) is 1. The van der Waals surface area contributed by atoms with Crippen LogP contribution in [0.5, 0.6) is 0 Å². The number of epoxide rings is 1. The first-order valence-electron chi connectivity index (χ1n) is 11.8. The van der Waals surface area contributed by atoms with E-state index in [2.05, 4.69) is 19.6 Å². The molecule has 0 aromatic rings. The van der Waals surface area contributed by atoms with Crippen LogP contribution < -0.4 is 5.73 Å². The van der Waals surface area contributed by atoms with E-state index in [4.69, 9.17) is 37.3 Å². The van der Waals surface area contributed by atoms with Gasteiger partial charge in [0.05, 0.1) is 13.2 Å². The van der Waals surface area contributed by atoms with Crippen LogP contribution >= 0.6 is 0 Å². The molecule has 0 aliphatic carbocycles. The van der Waals surface area contributed by atoms with Crippen LogP contribution in [0, 0.1) is 0 Å². The van der Waals surface area contributed by atoms with Crippen molar-refractivity contribution in [2.75, 3.05) is 60.9 Å². The molecule has 0 spiro atoms. The Morgan fingerprint density at radius 1 is 0.844 bits per heavy atom. The zero-order chi connectivity index (χ0) is 25.1. The van der Waals surface area contributed by atoms with Crippen molar-refractivity contribution in [2.45, 2.75) is 77.6 Å². The molecular formula is C21H53NO7Si3. The van der Waals surface area contributed by atoms with Gasteiger partial charge in [0, 0.05) is 41.2 Å². The summed E-state index contributed by atoms with van der Waals surface area (Å²) in [6.45, 7) is 19.3. The molecule has 1 unspecified atom stereocenters. The Labute approximate surface area is 201 Å². The average molecular weight is 516 g/mol. The molecule has 1 heterocycles. The molecular weight excluding hydrogens is 462 g/mol. The Bertz CT molecular complexity index is 416. The van der Waals surface area contributed by atoms with Gasteiger partial charge in [0.25, 0.3) is 0 Å². The highest BCUT2D eigenvalue weighted by atomic mass is 28.4. The summed E-state index contributed by atoms with van der Waals surface area (Å²) in [6.07, 6.45) is 2.51. The third-order valence-corrected chi connectivity index (χ3v) is 12.7. The number of rotatable bonds is 16. The summed E-state index contributed by atoms with van der Waals surface area (Å²) < 4.78 is 37.2. The largest absolute Gasteiger partial charge is 0.420 e. The van der Waals surface area contributed by atoms with Crippen LogP contribution in [-0.4, -0.2) is 92.5 Å². The van der Waals surface area contributed by atoms with Crippen LogP contribution in [0.4, 0.5) is 0 Å². The molecule has 1 atom stereocenters. The lowest BCUT2D eigenvalue weighted by molar-refractivity contribution is 0.116. The van der Waals surface area contributed by atoms with Gasteiger partial charge in [0.15, 0.2) is 8.32 Å². The van der Waals surface area contributed by atoms with Gasteiger partial charge in [-0.05, 0) is 78.1 Å². The minimum absolute atomic E-state index is 0.396. The first-order chi connectivity index (χ1) is 14.9. The first-order valence-corrected chi connectivity index (χ1v) is 20.2. The van der Waals surface area contributed by atoms with E-state index >= 15 is 0 Å². The smallest absolute Gasteiger partial charge is 0.334 e. The zero-order valence-electron chi connectivity index (χ0n) is 22.6. The Morgan fingerprint density at radius 2 is 1.38 bits per heavy atom. The normalized spacial score (nSPS) is 16.0. The molecule has 0 radical (unpaired) electrons. The van der Waals surface area contributed by atoms with Crippen molar-refractivity contribution in [2.24, 2.45) is 5.73 Å². The topological polar surface area (TPSA) is 93.9 Å². The van der Waals surface area contributed by atoms with Gasteiger partial charge in [0.2, 0.25) is 0 Å². The highest BCUT2D eigenvalue weighted by Crippen LogP contribution is 2.15. The summed E-state index contributed by atoms with van der Waals surface area (Å²) in [6, 6.07) is 2.18. The Hall–Kier alpha value is 0.331. The molecule has 11 heteroatoms. The molecule has 196 valence electrons. The molecule has 1 rings (SSSR count). The van der Waals surface area contributed by atoms with Crippen LogP contribution in [-0.2, 0) is 31.6 Å². The van der Waals surface area contributed by atoms with Gasteiger partial charge in [-0.25, -0.2) is 0 Å². The lowest BCUT2D eigenvalue weighted by Crippen LogP contribution is -2.39. The monoisotopic (exact) mass is 515 g/mol. The molecule has 0 aromatic carbocycles. The quantitative estimate of drug-likeness (QED) is 0.186. The molecule has 8 nitrogen and oxygen atoms in total. The van der Waals surface area contributed by atoms with Crippen molar-refractivity contribution in [3.05, 3.63) is 0 Å². The SMILES string of the molecule is CCO[Si](C)(CCCN)OCC.CO[Si](C)(C)CCCOCC1CO1.CO[Si](C)(C)OC.